The maximum atomic E-state index is 11.5. The monoisotopic (exact) mass is 242 g/mol. The van der Waals surface area contributed by atoms with Crippen LogP contribution < -0.4 is 9.44 Å². The lowest BCUT2D eigenvalue weighted by molar-refractivity contribution is 0.0981. The van der Waals surface area contributed by atoms with Crippen molar-refractivity contribution in [3.05, 3.63) is 35.9 Å². The van der Waals surface area contributed by atoms with E-state index < -0.39 is 16.1 Å². The van der Waals surface area contributed by atoms with E-state index >= 15 is 0 Å². The van der Waals surface area contributed by atoms with Gasteiger partial charge in [0, 0.05) is 12.1 Å². The molecule has 0 heterocycles. The Kier molecular flexibility index (Phi) is 4.45. The van der Waals surface area contributed by atoms with Crippen molar-refractivity contribution < 1.29 is 13.2 Å². The molecule has 0 fully saturated rings. The number of benzene rings is 1. The first-order valence-electron chi connectivity index (χ1n) is 4.92. The Morgan fingerprint density at radius 3 is 2.44 bits per heavy atom. The summed E-state index contributed by atoms with van der Waals surface area (Å²) in [6.07, 6.45) is 0.667. The molecule has 0 atom stereocenters. The maximum absolute atomic E-state index is 11.5. The number of carbonyl (C=O) groups excluding carboxylic acids is 1. The second kappa shape index (κ2) is 5.62. The van der Waals surface area contributed by atoms with Gasteiger partial charge in [-0.25, -0.2) is 4.72 Å². The van der Waals surface area contributed by atoms with Crippen molar-refractivity contribution in [1.82, 2.24) is 9.44 Å². The zero-order chi connectivity index (χ0) is 12.0. The van der Waals surface area contributed by atoms with E-state index in [-0.39, 0.29) is 0 Å². The van der Waals surface area contributed by atoms with E-state index in [1.54, 1.807) is 30.3 Å². The van der Waals surface area contributed by atoms with Gasteiger partial charge in [0.05, 0.1) is 0 Å². The molecule has 0 aliphatic heterocycles. The second-order valence-corrected chi connectivity index (χ2v) is 4.69. The van der Waals surface area contributed by atoms with Crippen LogP contribution in [0.15, 0.2) is 30.3 Å². The highest BCUT2D eigenvalue weighted by Crippen LogP contribution is 1.98. The summed E-state index contributed by atoms with van der Waals surface area (Å²) in [6, 6.07) is 8.18. The summed E-state index contributed by atoms with van der Waals surface area (Å²) in [4.78, 5) is 11.5. The standard InChI is InChI=1S/C10H14N2O3S/c1-2-8-11-16(14,15)12-10(13)9-6-4-3-5-7-9/h3-7,11H,2,8H2,1H3,(H,12,13). The third-order valence-electron chi connectivity index (χ3n) is 1.81. The van der Waals surface area contributed by atoms with Crippen molar-refractivity contribution in [3.63, 3.8) is 0 Å². The molecule has 0 aliphatic rings. The minimum Gasteiger partial charge on any atom is -0.268 e. The third kappa shape index (κ3) is 4.00. The molecule has 0 unspecified atom stereocenters. The van der Waals surface area contributed by atoms with Crippen LogP contribution in [0.25, 0.3) is 0 Å². The lowest BCUT2D eigenvalue weighted by Gasteiger charge is -2.07. The van der Waals surface area contributed by atoms with Gasteiger partial charge in [-0.05, 0) is 18.6 Å². The van der Waals surface area contributed by atoms with E-state index in [1.807, 2.05) is 11.6 Å². The number of hydrogen-bond acceptors (Lipinski definition) is 3. The fraction of sp³-hybridized carbons (Fsp3) is 0.300. The number of nitrogens with one attached hydrogen (secondary N) is 2. The van der Waals surface area contributed by atoms with E-state index in [2.05, 4.69) is 4.72 Å². The molecule has 0 aromatic heterocycles. The number of rotatable bonds is 5. The van der Waals surface area contributed by atoms with Gasteiger partial charge in [-0.3, -0.25) is 4.79 Å². The molecule has 1 aromatic carbocycles. The number of hydrogen-bond donors (Lipinski definition) is 2. The average molecular weight is 242 g/mol. The van der Waals surface area contributed by atoms with Gasteiger partial charge < -0.3 is 0 Å². The number of carbonyl (C=O) groups is 1. The summed E-state index contributed by atoms with van der Waals surface area (Å²) in [5.74, 6) is -0.635. The molecule has 88 valence electrons. The van der Waals surface area contributed by atoms with Crippen LogP contribution >= 0.6 is 0 Å². The Bertz CT molecular complexity index is 442. The fourth-order valence-corrected chi connectivity index (χ4v) is 1.95. The van der Waals surface area contributed by atoms with Crippen molar-refractivity contribution in [2.45, 2.75) is 13.3 Å². The first-order chi connectivity index (χ1) is 7.55. The highest BCUT2D eigenvalue weighted by Gasteiger charge is 2.14. The molecule has 16 heavy (non-hydrogen) atoms. The Morgan fingerprint density at radius 1 is 1.25 bits per heavy atom. The van der Waals surface area contributed by atoms with Crippen LogP contribution in [0.2, 0.25) is 0 Å². The normalized spacial score (nSPS) is 11.1. The van der Waals surface area contributed by atoms with Gasteiger partial charge in [0.15, 0.2) is 0 Å². The molecule has 1 rings (SSSR count). The van der Waals surface area contributed by atoms with Crippen LogP contribution in [-0.2, 0) is 10.2 Å². The summed E-state index contributed by atoms with van der Waals surface area (Å²) < 4.78 is 26.8. The first kappa shape index (κ1) is 12.7. The minimum absolute atomic E-state index is 0.303. The molecule has 0 bridgehead atoms. The molecular formula is C10H14N2O3S. The molecule has 2 N–H and O–H groups in total. The summed E-state index contributed by atoms with van der Waals surface area (Å²) in [7, 11) is -3.74. The third-order valence-corrected chi connectivity index (χ3v) is 2.84. The first-order valence-corrected chi connectivity index (χ1v) is 6.40. The zero-order valence-electron chi connectivity index (χ0n) is 8.93. The van der Waals surface area contributed by atoms with Gasteiger partial charge in [-0.1, -0.05) is 25.1 Å². The lowest BCUT2D eigenvalue weighted by Crippen LogP contribution is -2.40. The van der Waals surface area contributed by atoms with E-state index in [4.69, 9.17) is 0 Å². The minimum atomic E-state index is -3.74. The average Bonchev–Trinajstić information content (AvgIpc) is 2.27. The Labute approximate surface area is 95.0 Å². The van der Waals surface area contributed by atoms with Crippen molar-refractivity contribution in [3.8, 4) is 0 Å². The van der Waals surface area contributed by atoms with Crippen LogP contribution in [0.1, 0.15) is 23.7 Å². The van der Waals surface area contributed by atoms with Crippen molar-refractivity contribution in [1.29, 1.82) is 0 Å². The van der Waals surface area contributed by atoms with Crippen LogP contribution in [-0.4, -0.2) is 20.9 Å². The molecule has 1 amide bonds. The Morgan fingerprint density at radius 2 is 1.88 bits per heavy atom. The fourth-order valence-electron chi connectivity index (χ4n) is 1.04. The highest BCUT2D eigenvalue weighted by atomic mass is 32.2. The molecule has 0 radical (unpaired) electrons. The molecule has 0 saturated heterocycles. The summed E-state index contributed by atoms with van der Waals surface area (Å²) in [6.45, 7) is 2.14. The smallest absolute Gasteiger partial charge is 0.268 e. The van der Waals surface area contributed by atoms with Crippen molar-refractivity contribution >= 4 is 16.1 Å². The largest absolute Gasteiger partial charge is 0.301 e. The molecule has 0 spiro atoms. The van der Waals surface area contributed by atoms with Crippen LogP contribution in [0.3, 0.4) is 0 Å². The van der Waals surface area contributed by atoms with Gasteiger partial charge in [0.2, 0.25) is 0 Å². The van der Waals surface area contributed by atoms with Gasteiger partial charge in [-0.2, -0.15) is 13.1 Å². The Balaban J connectivity index is 2.65. The summed E-state index contributed by atoms with van der Waals surface area (Å²) >= 11 is 0. The van der Waals surface area contributed by atoms with Crippen LogP contribution in [0.5, 0.6) is 0 Å². The predicted molar refractivity (Wildman–Crippen MR) is 61.1 cm³/mol. The van der Waals surface area contributed by atoms with Gasteiger partial charge in [0.1, 0.15) is 0 Å². The summed E-state index contributed by atoms with van der Waals surface area (Å²) in [5.41, 5.74) is 0.310. The lowest BCUT2D eigenvalue weighted by atomic mass is 10.2. The number of amides is 1. The van der Waals surface area contributed by atoms with E-state index in [0.717, 1.165) is 0 Å². The van der Waals surface area contributed by atoms with E-state index in [1.165, 1.54) is 0 Å². The predicted octanol–water partition coefficient (Wildman–Crippen LogP) is 0.661. The topological polar surface area (TPSA) is 75.3 Å². The molecule has 1 aromatic rings. The Hall–Kier alpha value is -1.40. The van der Waals surface area contributed by atoms with Crippen molar-refractivity contribution in [2.24, 2.45) is 0 Å². The van der Waals surface area contributed by atoms with Crippen LogP contribution in [0.4, 0.5) is 0 Å². The quantitative estimate of drug-likeness (QED) is 0.796. The molecular weight excluding hydrogens is 228 g/mol. The van der Waals surface area contributed by atoms with Gasteiger partial charge in [0.25, 0.3) is 5.91 Å². The highest BCUT2D eigenvalue weighted by molar-refractivity contribution is 7.88. The zero-order valence-corrected chi connectivity index (χ0v) is 9.75. The van der Waals surface area contributed by atoms with Crippen LogP contribution in [0, 0.1) is 0 Å². The van der Waals surface area contributed by atoms with Crippen molar-refractivity contribution in [2.75, 3.05) is 6.54 Å². The molecule has 6 heteroatoms. The van der Waals surface area contributed by atoms with Gasteiger partial charge in [-0.15, -0.1) is 0 Å². The SMILES string of the molecule is CCCNS(=O)(=O)NC(=O)c1ccccc1. The molecule has 0 saturated carbocycles. The molecule has 0 aliphatic carbocycles. The molecule has 5 nitrogen and oxygen atoms in total. The summed E-state index contributed by atoms with van der Waals surface area (Å²) in [5, 5.41) is 0. The second-order valence-electron chi connectivity index (χ2n) is 3.19. The van der Waals surface area contributed by atoms with Gasteiger partial charge >= 0.3 is 10.2 Å². The maximum Gasteiger partial charge on any atom is 0.301 e. The van der Waals surface area contributed by atoms with E-state index in [9.17, 15) is 13.2 Å². The van der Waals surface area contributed by atoms with E-state index in [0.29, 0.717) is 18.5 Å².